The van der Waals surface area contributed by atoms with Crippen molar-refractivity contribution in [3.8, 4) is 5.82 Å². The Balaban J connectivity index is 1.18. The minimum Gasteiger partial charge on any atom is -0.336 e. The Morgan fingerprint density at radius 2 is 1.81 bits per heavy atom. The minimum atomic E-state index is -0.138. The van der Waals surface area contributed by atoms with Crippen LogP contribution in [0, 0.1) is 0 Å². The lowest BCUT2D eigenvalue weighted by Gasteiger charge is -2.34. The number of pyridine rings is 1. The van der Waals surface area contributed by atoms with Crippen LogP contribution in [0.4, 0.5) is 0 Å². The number of fused-ring (bicyclic) bond motifs is 1. The van der Waals surface area contributed by atoms with Gasteiger partial charge in [-0.25, -0.2) is 9.36 Å². The van der Waals surface area contributed by atoms with Gasteiger partial charge in [-0.1, -0.05) is 6.07 Å². The number of benzene rings is 1. The standard InChI is InChI=1S/C23H23N7O2/c31-22-7-6-21(29-10-2-9-25-29)26-30(22)16-13-27-11-14-28(15-12-27)23(32)19-4-5-20-18(17-19)3-1-8-24-20/h1-10,17H,11-16H2. The molecular formula is C23H23N7O2. The van der Waals surface area contributed by atoms with Crippen LogP contribution >= 0.6 is 0 Å². The number of amides is 1. The first-order valence-electron chi connectivity index (χ1n) is 10.6. The highest BCUT2D eigenvalue weighted by Gasteiger charge is 2.22. The molecule has 0 saturated carbocycles. The fourth-order valence-electron chi connectivity index (χ4n) is 3.93. The summed E-state index contributed by atoms with van der Waals surface area (Å²) >= 11 is 0. The molecule has 0 unspecified atom stereocenters. The van der Waals surface area contributed by atoms with E-state index in [0.29, 0.717) is 37.6 Å². The Morgan fingerprint density at radius 3 is 2.62 bits per heavy atom. The van der Waals surface area contributed by atoms with Crippen LogP contribution in [0.2, 0.25) is 0 Å². The quantitative estimate of drug-likeness (QED) is 0.477. The average molecular weight is 429 g/mol. The molecule has 1 aromatic carbocycles. The van der Waals surface area contributed by atoms with Crippen LogP contribution in [0.5, 0.6) is 0 Å². The number of carbonyl (C=O) groups excluding carboxylic acids is 1. The highest BCUT2D eigenvalue weighted by Crippen LogP contribution is 2.16. The monoisotopic (exact) mass is 429 g/mol. The van der Waals surface area contributed by atoms with Crippen LogP contribution in [0.1, 0.15) is 10.4 Å². The fraction of sp³-hybridized carbons (Fsp3) is 0.261. The van der Waals surface area contributed by atoms with Crippen LogP contribution in [0.15, 0.2) is 71.9 Å². The largest absolute Gasteiger partial charge is 0.336 e. The fourth-order valence-corrected chi connectivity index (χ4v) is 3.93. The molecule has 3 aromatic heterocycles. The molecule has 0 aliphatic carbocycles. The maximum absolute atomic E-state index is 12.9. The second-order valence-electron chi connectivity index (χ2n) is 7.75. The molecule has 4 aromatic rings. The van der Waals surface area contributed by atoms with Gasteiger partial charge in [-0.15, -0.1) is 5.10 Å². The molecule has 0 N–H and O–H groups in total. The van der Waals surface area contributed by atoms with Crippen LogP contribution in [0.3, 0.4) is 0 Å². The highest BCUT2D eigenvalue weighted by atomic mass is 16.2. The topological polar surface area (TPSA) is 89.2 Å². The van der Waals surface area contributed by atoms with Gasteiger partial charge < -0.3 is 4.90 Å². The molecule has 9 nitrogen and oxygen atoms in total. The van der Waals surface area contributed by atoms with E-state index < -0.39 is 0 Å². The Bertz CT molecular complexity index is 1290. The molecule has 1 aliphatic rings. The predicted octanol–water partition coefficient (Wildman–Crippen LogP) is 1.44. The summed E-state index contributed by atoms with van der Waals surface area (Å²) in [6, 6.07) is 14.5. The number of piperazine rings is 1. The molecule has 0 radical (unpaired) electrons. The number of nitrogens with zero attached hydrogens (tertiary/aromatic N) is 7. The van der Waals surface area contributed by atoms with E-state index in [2.05, 4.69) is 20.1 Å². The van der Waals surface area contributed by atoms with Gasteiger partial charge in [0.15, 0.2) is 5.82 Å². The summed E-state index contributed by atoms with van der Waals surface area (Å²) in [6.45, 7) is 4.00. The summed E-state index contributed by atoms with van der Waals surface area (Å²) in [5.74, 6) is 0.649. The maximum Gasteiger partial charge on any atom is 0.266 e. The number of carbonyl (C=O) groups is 1. The first kappa shape index (κ1) is 20.1. The minimum absolute atomic E-state index is 0.0419. The Hall–Kier alpha value is -3.85. The molecule has 0 atom stereocenters. The van der Waals surface area contributed by atoms with Crippen molar-refractivity contribution in [1.82, 2.24) is 34.3 Å². The summed E-state index contributed by atoms with van der Waals surface area (Å²) in [7, 11) is 0. The van der Waals surface area contributed by atoms with Crippen LogP contribution in [-0.4, -0.2) is 73.0 Å². The SMILES string of the molecule is O=C(c1ccc2ncccc2c1)N1CCN(CCn2nc(-n3cccn3)ccc2=O)CC1. The summed E-state index contributed by atoms with van der Waals surface area (Å²) in [4.78, 5) is 33.6. The summed E-state index contributed by atoms with van der Waals surface area (Å²) < 4.78 is 3.10. The van der Waals surface area contributed by atoms with Crippen LogP contribution in [-0.2, 0) is 6.54 Å². The van der Waals surface area contributed by atoms with Crippen molar-refractivity contribution < 1.29 is 4.79 Å². The molecule has 1 saturated heterocycles. The van der Waals surface area contributed by atoms with Gasteiger partial charge >= 0.3 is 0 Å². The third-order valence-electron chi connectivity index (χ3n) is 5.73. The van der Waals surface area contributed by atoms with Crippen molar-refractivity contribution >= 4 is 16.8 Å². The van der Waals surface area contributed by atoms with Gasteiger partial charge in [0.25, 0.3) is 11.5 Å². The van der Waals surface area contributed by atoms with E-state index in [0.717, 1.165) is 24.0 Å². The summed E-state index contributed by atoms with van der Waals surface area (Å²) in [5, 5.41) is 9.54. The van der Waals surface area contributed by atoms with Crippen LogP contribution in [0.25, 0.3) is 16.7 Å². The zero-order valence-corrected chi connectivity index (χ0v) is 17.5. The van der Waals surface area contributed by atoms with E-state index >= 15 is 0 Å². The molecule has 1 fully saturated rings. The molecule has 1 amide bonds. The molecule has 4 heterocycles. The van der Waals surface area contributed by atoms with Crippen molar-refractivity contribution in [2.45, 2.75) is 6.54 Å². The van der Waals surface area contributed by atoms with Crippen molar-refractivity contribution in [2.24, 2.45) is 0 Å². The lowest BCUT2D eigenvalue weighted by molar-refractivity contribution is 0.0631. The normalized spacial score (nSPS) is 14.7. The van der Waals surface area contributed by atoms with Crippen molar-refractivity contribution in [3.63, 3.8) is 0 Å². The molecule has 32 heavy (non-hydrogen) atoms. The first-order valence-corrected chi connectivity index (χ1v) is 10.6. The van der Waals surface area contributed by atoms with Crippen molar-refractivity contribution in [3.05, 3.63) is 83.0 Å². The average Bonchev–Trinajstić information content (AvgIpc) is 3.38. The number of aromatic nitrogens is 5. The zero-order chi connectivity index (χ0) is 21.9. The van der Waals surface area contributed by atoms with E-state index in [1.807, 2.05) is 41.3 Å². The second kappa shape index (κ2) is 8.72. The number of hydrogen-bond acceptors (Lipinski definition) is 6. The Kier molecular flexibility index (Phi) is 5.47. The Labute approximate surface area is 184 Å². The lowest BCUT2D eigenvalue weighted by atomic mass is 10.1. The first-order chi connectivity index (χ1) is 15.7. The van der Waals surface area contributed by atoms with Gasteiger partial charge in [-0.2, -0.15) is 5.10 Å². The third-order valence-corrected chi connectivity index (χ3v) is 5.73. The van der Waals surface area contributed by atoms with E-state index in [4.69, 9.17) is 0 Å². The van der Waals surface area contributed by atoms with E-state index in [9.17, 15) is 9.59 Å². The van der Waals surface area contributed by atoms with Gasteiger partial charge in [-0.05, 0) is 36.4 Å². The molecule has 1 aliphatic heterocycles. The lowest BCUT2D eigenvalue weighted by Crippen LogP contribution is -2.49. The smallest absolute Gasteiger partial charge is 0.266 e. The van der Waals surface area contributed by atoms with Gasteiger partial charge in [0.05, 0.1) is 12.1 Å². The molecule has 9 heteroatoms. The van der Waals surface area contributed by atoms with E-state index in [1.54, 1.807) is 29.3 Å². The highest BCUT2D eigenvalue weighted by molar-refractivity contribution is 5.98. The predicted molar refractivity (Wildman–Crippen MR) is 120 cm³/mol. The Morgan fingerprint density at radius 1 is 0.938 bits per heavy atom. The molecule has 0 bridgehead atoms. The number of rotatable bonds is 5. The second-order valence-corrected chi connectivity index (χ2v) is 7.75. The van der Waals surface area contributed by atoms with Crippen LogP contribution < -0.4 is 5.56 Å². The van der Waals surface area contributed by atoms with Gasteiger partial charge in [0.1, 0.15) is 0 Å². The van der Waals surface area contributed by atoms with E-state index in [-0.39, 0.29) is 11.5 Å². The third kappa shape index (κ3) is 4.15. The number of hydrogen-bond donors (Lipinski definition) is 0. The van der Waals surface area contributed by atoms with Gasteiger partial charge in [0.2, 0.25) is 0 Å². The maximum atomic E-state index is 12.9. The zero-order valence-electron chi connectivity index (χ0n) is 17.5. The summed E-state index contributed by atoms with van der Waals surface area (Å²) in [6.07, 6.45) is 5.21. The van der Waals surface area contributed by atoms with Crippen molar-refractivity contribution in [1.29, 1.82) is 0 Å². The van der Waals surface area contributed by atoms with Crippen molar-refractivity contribution in [2.75, 3.05) is 32.7 Å². The summed E-state index contributed by atoms with van der Waals surface area (Å²) in [5.41, 5.74) is 1.43. The van der Waals surface area contributed by atoms with Gasteiger partial charge in [0, 0.05) is 68.3 Å². The van der Waals surface area contributed by atoms with E-state index in [1.165, 1.54) is 10.7 Å². The molecule has 0 spiro atoms. The molecule has 162 valence electrons. The molecular weight excluding hydrogens is 406 g/mol. The molecule has 5 rings (SSSR count). The van der Waals surface area contributed by atoms with Gasteiger partial charge in [-0.3, -0.25) is 19.5 Å².